The van der Waals surface area contributed by atoms with E-state index in [9.17, 15) is 4.39 Å². The van der Waals surface area contributed by atoms with E-state index in [1.165, 1.54) is 12.3 Å². The molecule has 1 unspecified atom stereocenters. The third kappa shape index (κ3) is 2.92. The predicted molar refractivity (Wildman–Crippen MR) is 66.1 cm³/mol. The van der Waals surface area contributed by atoms with Crippen LogP contribution in [0.5, 0.6) is 0 Å². The van der Waals surface area contributed by atoms with Gasteiger partial charge in [-0.05, 0) is 46.2 Å². The maximum absolute atomic E-state index is 13.2. The highest BCUT2D eigenvalue weighted by Crippen LogP contribution is 2.25. The Hall–Kier alpha value is -1.20. The second kappa shape index (κ2) is 5.42. The van der Waals surface area contributed by atoms with Crippen molar-refractivity contribution in [3.8, 4) is 0 Å². The van der Waals surface area contributed by atoms with Gasteiger partial charge in [0.1, 0.15) is 11.6 Å². The normalized spacial score (nSPS) is 12.6. The SMILES string of the molecule is CCNC(c1cncc(F)c1)c1ccc(Br)o1. The Labute approximate surface area is 107 Å². The van der Waals surface area contributed by atoms with E-state index in [4.69, 9.17) is 4.42 Å². The van der Waals surface area contributed by atoms with E-state index in [1.807, 2.05) is 19.1 Å². The summed E-state index contributed by atoms with van der Waals surface area (Å²) in [6.07, 6.45) is 2.82. The molecule has 0 amide bonds. The number of hydrogen-bond donors (Lipinski definition) is 1. The molecule has 0 saturated heterocycles. The van der Waals surface area contributed by atoms with Crippen molar-refractivity contribution in [1.82, 2.24) is 10.3 Å². The number of nitrogens with one attached hydrogen (secondary N) is 1. The fourth-order valence-electron chi connectivity index (χ4n) is 1.66. The molecular formula is C12H12BrFN2O. The topological polar surface area (TPSA) is 38.1 Å². The van der Waals surface area contributed by atoms with Crippen molar-refractivity contribution in [3.05, 3.63) is 52.4 Å². The fourth-order valence-corrected chi connectivity index (χ4v) is 1.98. The van der Waals surface area contributed by atoms with Crippen molar-refractivity contribution >= 4 is 15.9 Å². The van der Waals surface area contributed by atoms with Gasteiger partial charge >= 0.3 is 0 Å². The van der Waals surface area contributed by atoms with Crippen LogP contribution in [-0.2, 0) is 0 Å². The van der Waals surface area contributed by atoms with Crippen molar-refractivity contribution in [2.45, 2.75) is 13.0 Å². The zero-order valence-corrected chi connectivity index (χ0v) is 10.9. The second-order valence-electron chi connectivity index (χ2n) is 3.57. The highest BCUT2D eigenvalue weighted by atomic mass is 79.9. The molecule has 0 aliphatic rings. The van der Waals surface area contributed by atoms with Crippen LogP contribution in [0, 0.1) is 5.82 Å². The molecule has 0 spiro atoms. The summed E-state index contributed by atoms with van der Waals surface area (Å²) in [5, 5.41) is 3.23. The smallest absolute Gasteiger partial charge is 0.169 e. The van der Waals surface area contributed by atoms with E-state index in [1.54, 1.807) is 6.20 Å². The molecule has 0 aliphatic carbocycles. The van der Waals surface area contributed by atoms with Crippen LogP contribution >= 0.6 is 15.9 Å². The lowest BCUT2D eigenvalue weighted by Gasteiger charge is -2.15. The Morgan fingerprint density at radius 2 is 2.29 bits per heavy atom. The molecule has 2 rings (SSSR count). The van der Waals surface area contributed by atoms with E-state index in [2.05, 4.69) is 26.2 Å². The number of pyridine rings is 1. The lowest BCUT2D eigenvalue weighted by Crippen LogP contribution is -2.21. The first-order valence-electron chi connectivity index (χ1n) is 5.29. The van der Waals surface area contributed by atoms with Gasteiger partial charge in [-0.1, -0.05) is 6.92 Å². The van der Waals surface area contributed by atoms with Crippen LogP contribution in [0.3, 0.4) is 0 Å². The molecule has 0 bridgehead atoms. The van der Waals surface area contributed by atoms with Crippen LogP contribution in [0.25, 0.3) is 0 Å². The average Bonchev–Trinajstić information content (AvgIpc) is 2.72. The first-order valence-corrected chi connectivity index (χ1v) is 6.09. The Kier molecular flexibility index (Phi) is 3.91. The Morgan fingerprint density at radius 3 is 2.88 bits per heavy atom. The van der Waals surface area contributed by atoms with Crippen molar-refractivity contribution in [2.24, 2.45) is 0 Å². The molecule has 1 N–H and O–H groups in total. The standard InChI is InChI=1S/C12H12BrFN2O/c1-2-16-12(10-3-4-11(13)17-10)8-5-9(14)7-15-6-8/h3-7,12,16H,2H2,1H3. The summed E-state index contributed by atoms with van der Waals surface area (Å²) >= 11 is 3.25. The molecule has 0 aromatic carbocycles. The van der Waals surface area contributed by atoms with E-state index in [0.29, 0.717) is 4.67 Å². The highest BCUT2D eigenvalue weighted by Gasteiger charge is 2.17. The van der Waals surface area contributed by atoms with Gasteiger partial charge in [0.05, 0.1) is 12.2 Å². The van der Waals surface area contributed by atoms with Crippen LogP contribution in [0.2, 0.25) is 0 Å². The first-order chi connectivity index (χ1) is 8.20. The molecule has 1 atom stereocenters. The third-order valence-corrected chi connectivity index (χ3v) is 2.77. The maximum Gasteiger partial charge on any atom is 0.169 e. The summed E-state index contributed by atoms with van der Waals surface area (Å²) in [5.41, 5.74) is 0.744. The summed E-state index contributed by atoms with van der Waals surface area (Å²) in [7, 11) is 0. The lowest BCUT2D eigenvalue weighted by molar-refractivity contribution is 0.436. The summed E-state index contributed by atoms with van der Waals surface area (Å²) in [5.74, 6) is 0.377. The van der Waals surface area contributed by atoms with E-state index >= 15 is 0 Å². The second-order valence-corrected chi connectivity index (χ2v) is 4.35. The molecule has 0 saturated carbocycles. The van der Waals surface area contributed by atoms with Gasteiger partial charge in [-0.15, -0.1) is 0 Å². The average molecular weight is 299 g/mol. The summed E-state index contributed by atoms with van der Waals surface area (Å²) in [4.78, 5) is 3.85. The zero-order valence-electron chi connectivity index (χ0n) is 9.28. The Balaban J connectivity index is 2.35. The van der Waals surface area contributed by atoms with Gasteiger partial charge in [0.2, 0.25) is 0 Å². The molecule has 0 radical (unpaired) electrons. The van der Waals surface area contributed by atoms with Crippen molar-refractivity contribution in [1.29, 1.82) is 0 Å². The predicted octanol–water partition coefficient (Wildman–Crippen LogP) is 3.28. The quantitative estimate of drug-likeness (QED) is 0.941. The van der Waals surface area contributed by atoms with Gasteiger partial charge in [0.15, 0.2) is 4.67 Å². The molecule has 2 heterocycles. The Bertz CT molecular complexity index is 501. The van der Waals surface area contributed by atoms with Gasteiger partial charge in [-0.25, -0.2) is 4.39 Å². The number of hydrogen-bond acceptors (Lipinski definition) is 3. The van der Waals surface area contributed by atoms with Gasteiger partial charge in [0, 0.05) is 6.20 Å². The molecule has 2 aromatic rings. The van der Waals surface area contributed by atoms with Crippen LogP contribution in [-0.4, -0.2) is 11.5 Å². The third-order valence-electron chi connectivity index (χ3n) is 2.35. The molecule has 3 nitrogen and oxygen atoms in total. The summed E-state index contributed by atoms with van der Waals surface area (Å²) in [6, 6.07) is 4.93. The van der Waals surface area contributed by atoms with E-state index < -0.39 is 0 Å². The minimum absolute atomic E-state index is 0.186. The van der Waals surface area contributed by atoms with Crippen molar-refractivity contribution in [2.75, 3.05) is 6.54 Å². The molecule has 0 fully saturated rings. The lowest BCUT2D eigenvalue weighted by atomic mass is 10.1. The van der Waals surface area contributed by atoms with Crippen LogP contribution < -0.4 is 5.32 Å². The van der Waals surface area contributed by atoms with Crippen molar-refractivity contribution < 1.29 is 8.81 Å². The van der Waals surface area contributed by atoms with E-state index in [-0.39, 0.29) is 11.9 Å². The number of rotatable bonds is 4. The monoisotopic (exact) mass is 298 g/mol. The minimum Gasteiger partial charge on any atom is -0.452 e. The fraction of sp³-hybridized carbons (Fsp3) is 0.250. The van der Waals surface area contributed by atoms with Crippen LogP contribution in [0.15, 0.2) is 39.7 Å². The first kappa shape index (κ1) is 12.3. The minimum atomic E-state index is -0.351. The molecule has 2 aromatic heterocycles. The zero-order chi connectivity index (χ0) is 12.3. The van der Waals surface area contributed by atoms with Crippen molar-refractivity contribution in [3.63, 3.8) is 0 Å². The summed E-state index contributed by atoms with van der Waals surface area (Å²) in [6.45, 7) is 2.73. The van der Waals surface area contributed by atoms with Gasteiger partial charge in [-0.3, -0.25) is 4.98 Å². The summed E-state index contributed by atoms with van der Waals surface area (Å²) < 4.78 is 19.3. The highest BCUT2D eigenvalue weighted by molar-refractivity contribution is 9.10. The Morgan fingerprint density at radius 1 is 1.47 bits per heavy atom. The van der Waals surface area contributed by atoms with Crippen LogP contribution in [0.1, 0.15) is 24.3 Å². The van der Waals surface area contributed by atoms with Gasteiger partial charge in [-0.2, -0.15) is 0 Å². The maximum atomic E-state index is 13.2. The number of aromatic nitrogens is 1. The number of halogens is 2. The largest absolute Gasteiger partial charge is 0.452 e. The molecule has 17 heavy (non-hydrogen) atoms. The van der Waals surface area contributed by atoms with Crippen LogP contribution in [0.4, 0.5) is 4.39 Å². The van der Waals surface area contributed by atoms with Gasteiger partial charge in [0.25, 0.3) is 0 Å². The van der Waals surface area contributed by atoms with Gasteiger partial charge < -0.3 is 9.73 Å². The molecule has 90 valence electrons. The molecule has 0 aliphatic heterocycles. The van der Waals surface area contributed by atoms with E-state index in [0.717, 1.165) is 17.9 Å². The molecule has 5 heteroatoms. The number of nitrogens with zero attached hydrogens (tertiary/aromatic N) is 1. The molecular weight excluding hydrogens is 287 g/mol. The number of furan rings is 1.